The van der Waals surface area contributed by atoms with E-state index in [0.29, 0.717) is 22.8 Å². The highest BCUT2D eigenvalue weighted by Crippen LogP contribution is 2.20. The maximum Gasteiger partial charge on any atom is 0.256 e. The average molecular weight is 410 g/mol. The molecule has 2 N–H and O–H groups in total. The molecule has 0 saturated heterocycles. The third kappa shape index (κ3) is 4.97. The Balaban J connectivity index is 1.67. The molecule has 29 heavy (non-hydrogen) atoms. The van der Waals surface area contributed by atoms with Gasteiger partial charge in [-0.3, -0.25) is 14.5 Å². The molecule has 2 aromatic carbocycles. The summed E-state index contributed by atoms with van der Waals surface area (Å²) in [6.07, 6.45) is 3.08. The molecule has 0 aliphatic rings. The van der Waals surface area contributed by atoms with E-state index in [9.17, 15) is 13.2 Å². The molecule has 150 valence electrons. The first kappa shape index (κ1) is 20.5. The summed E-state index contributed by atoms with van der Waals surface area (Å²) in [6, 6.07) is 15.8. The van der Waals surface area contributed by atoms with Crippen molar-refractivity contribution in [3.05, 3.63) is 72.6 Å². The van der Waals surface area contributed by atoms with Crippen LogP contribution in [0.4, 0.5) is 11.5 Å². The number of aromatic nitrogens is 2. The van der Waals surface area contributed by atoms with Gasteiger partial charge in [-0.15, -0.1) is 0 Å². The summed E-state index contributed by atoms with van der Waals surface area (Å²) in [6.45, 7) is 4.84. The Morgan fingerprint density at radius 1 is 0.897 bits per heavy atom. The van der Waals surface area contributed by atoms with Crippen LogP contribution in [0.5, 0.6) is 0 Å². The lowest BCUT2D eigenvalue weighted by molar-refractivity contribution is 0.102. The molecule has 0 fully saturated rings. The van der Waals surface area contributed by atoms with Crippen molar-refractivity contribution in [2.45, 2.75) is 25.5 Å². The molecule has 3 rings (SSSR count). The predicted molar refractivity (Wildman–Crippen MR) is 114 cm³/mol. The highest BCUT2D eigenvalue weighted by Gasteiger charge is 2.28. The lowest BCUT2D eigenvalue weighted by Gasteiger charge is -2.20. The third-order valence-electron chi connectivity index (χ3n) is 4.17. The molecule has 7 nitrogen and oxygen atoms in total. The second-order valence-electron chi connectivity index (χ2n) is 7.40. The fraction of sp³-hybridized carbons (Fsp3) is 0.190. The molecule has 0 saturated carbocycles. The Morgan fingerprint density at radius 2 is 1.55 bits per heavy atom. The van der Waals surface area contributed by atoms with Crippen LogP contribution < -0.4 is 10.0 Å². The second kappa shape index (κ2) is 8.00. The van der Waals surface area contributed by atoms with Gasteiger partial charge in [0.2, 0.25) is 10.0 Å². The Morgan fingerprint density at radius 3 is 2.10 bits per heavy atom. The van der Waals surface area contributed by atoms with E-state index in [1.54, 1.807) is 51.2 Å². The molecule has 3 aromatic rings. The van der Waals surface area contributed by atoms with Gasteiger partial charge in [-0.05, 0) is 45.0 Å². The summed E-state index contributed by atoms with van der Waals surface area (Å²) in [5.74, 6) is -0.0378. The molecule has 0 spiro atoms. The van der Waals surface area contributed by atoms with Gasteiger partial charge in [-0.2, -0.15) is 0 Å². The number of rotatable bonds is 5. The number of amides is 1. The fourth-order valence-corrected chi connectivity index (χ4v) is 3.09. The molecule has 8 heteroatoms. The van der Waals surface area contributed by atoms with Gasteiger partial charge in [0.05, 0.1) is 22.8 Å². The van der Waals surface area contributed by atoms with Crippen LogP contribution in [0.1, 0.15) is 31.1 Å². The topological polar surface area (TPSA) is 101 Å². The van der Waals surface area contributed by atoms with Crippen LogP contribution in [0, 0.1) is 0 Å². The number of carbonyl (C=O) groups is 1. The number of anilines is 2. The first-order valence-electron chi connectivity index (χ1n) is 8.97. The van der Waals surface area contributed by atoms with Crippen molar-refractivity contribution in [3.63, 3.8) is 0 Å². The first-order valence-corrected chi connectivity index (χ1v) is 10.5. The van der Waals surface area contributed by atoms with Crippen LogP contribution in [0.25, 0.3) is 11.3 Å². The van der Waals surface area contributed by atoms with Crippen LogP contribution in [0.15, 0.2) is 67.0 Å². The van der Waals surface area contributed by atoms with Gasteiger partial charge in [-0.25, -0.2) is 13.4 Å². The molecule has 0 bridgehead atoms. The van der Waals surface area contributed by atoms with E-state index in [1.807, 2.05) is 30.3 Å². The predicted octanol–water partition coefficient (Wildman–Crippen LogP) is 3.94. The quantitative estimate of drug-likeness (QED) is 0.663. The average Bonchev–Trinajstić information content (AvgIpc) is 2.68. The van der Waals surface area contributed by atoms with Crippen molar-refractivity contribution in [1.82, 2.24) is 9.97 Å². The lowest BCUT2D eigenvalue weighted by atomic mass is 10.2. The molecule has 1 heterocycles. The van der Waals surface area contributed by atoms with Crippen molar-refractivity contribution in [1.29, 1.82) is 0 Å². The van der Waals surface area contributed by atoms with Crippen LogP contribution in [0.3, 0.4) is 0 Å². The Kier molecular flexibility index (Phi) is 5.65. The number of hydrogen-bond donors (Lipinski definition) is 2. The van der Waals surface area contributed by atoms with E-state index in [-0.39, 0.29) is 5.91 Å². The van der Waals surface area contributed by atoms with E-state index in [4.69, 9.17) is 0 Å². The van der Waals surface area contributed by atoms with E-state index >= 15 is 0 Å². The van der Waals surface area contributed by atoms with Gasteiger partial charge in [0.25, 0.3) is 5.91 Å². The van der Waals surface area contributed by atoms with Crippen molar-refractivity contribution in [2.75, 3.05) is 10.0 Å². The van der Waals surface area contributed by atoms with E-state index < -0.39 is 14.8 Å². The SMILES string of the molecule is CC(C)(C)S(=O)(=O)Nc1ccc(C(=O)Nc2cnc(-c3ccccc3)cn2)cc1. The van der Waals surface area contributed by atoms with Crippen molar-refractivity contribution in [2.24, 2.45) is 0 Å². The fourth-order valence-electron chi connectivity index (χ4n) is 2.34. The normalized spacial score (nSPS) is 11.7. The summed E-state index contributed by atoms with van der Waals surface area (Å²) in [7, 11) is -3.53. The molecule has 1 aromatic heterocycles. The van der Waals surface area contributed by atoms with Crippen molar-refractivity contribution < 1.29 is 13.2 Å². The minimum atomic E-state index is -3.53. The molecule has 1 amide bonds. The van der Waals surface area contributed by atoms with Gasteiger partial charge in [-0.1, -0.05) is 30.3 Å². The lowest BCUT2D eigenvalue weighted by Crippen LogP contribution is -2.33. The monoisotopic (exact) mass is 410 g/mol. The summed E-state index contributed by atoms with van der Waals surface area (Å²) in [5.41, 5.74) is 2.41. The molecule has 0 unspecified atom stereocenters. The number of hydrogen-bond acceptors (Lipinski definition) is 5. The summed E-state index contributed by atoms with van der Waals surface area (Å²) in [4.78, 5) is 21.0. The van der Waals surface area contributed by atoms with Gasteiger partial charge >= 0.3 is 0 Å². The second-order valence-corrected chi connectivity index (χ2v) is 9.84. The number of nitrogens with zero attached hydrogens (tertiary/aromatic N) is 2. The van der Waals surface area contributed by atoms with E-state index in [2.05, 4.69) is 20.0 Å². The maximum absolute atomic E-state index is 12.4. The Hall–Kier alpha value is -3.26. The van der Waals surface area contributed by atoms with Crippen LogP contribution in [-0.4, -0.2) is 29.0 Å². The van der Waals surface area contributed by atoms with E-state index in [0.717, 1.165) is 5.56 Å². The van der Waals surface area contributed by atoms with Gasteiger partial charge in [0.1, 0.15) is 0 Å². The Labute approximate surface area is 170 Å². The smallest absolute Gasteiger partial charge is 0.256 e. The first-order chi connectivity index (χ1) is 13.7. The van der Waals surface area contributed by atoms with Gasteiger partial charge in [0.15, 0.2) is 5.82 Å². The molecule has 0 atom stereocenters. The largest absolute Gasteiger partial charge is 0.305 e. The molecular formula is C21H22N4O3S. The number of sulfonamides is 1. The summed E-state index contributed by atoms with van der Waals surface area (Å²) >= 11 is 0. The van der Waals surface area contributed by atoms with Gasteiger partial charge in [0, 0.05) is 16.8 Å². The summed E-state index contributed by atoms with van der Waals surface area (Å²) < 4.78 is 26.0. The zero-order valence-corrected chi connectivity index (χ0v) is 17.2. The third-order valence-corrected chi connectivity index (χ3v) is 6.29. The zero-order chi connectivity index (χ0) is 21.1. The minimum absolute atomic E-state index is 0.326. The number of benzene rings is 2. The highest BCUT2D eigenvalue weighted by molar-refractivity contribution is 7.94. The zero-order valence-electron chi connectivity index (χ0n) is 16.4. The molecular weight excluding hydrogens is 388 g/mol. The minimum Gasteiger partial charge on any atom is -0.305 e. The number of carbonyl (C=O) groups excluding carboxylic acids is 1. The molecule has 0 radical (unpaired) electrons. The highest BCUT2D eigenvalue weighted by atomic mass is 32.2. The maximum atomic E-state index is 12.4. The van der Waals surface area contributed by atoms with Gasteiger partial charge < -0.3 is 5.32 Å². The molecule has 0 aliphatic carbocycles. The van der Waals surface area contributed by atoms with Crippen molar-refractivity contribution >= 4 is 27.4 Å². The molecule has 0 aliphatic heterocycles. The van der Waals surface area contributed by atoms with Crippen molar-refractivity contribution in [3.8, 4) is 11.3 Å². The Bertz CT molecular complexity index is 1090. The van der Waals surface area contributed by atoms with E-state index in [1.165, 1.54) is 6.20 Å². The summed E-state index contributed by atoms with van der Waals surface area (Å²) in [5, 5.41) is 2.68. The van der Waals surface area contributed by atoms with Crippen LogP contribution in [0.2, 0.25) is 0 Å². The van der Waals surface area contributed by atoms with Crippen LogP contribution in [-0.2, 0) is 10.0 Å². The van der Waals surface area contributed by atoms with Crippen LogP contribution >= 0.6 is 0 Å². The standard InChI is InChI=1S/C21H22N4O3S/c1-21(2,3)29(27,28)25-17-11-9-16(10-12-17)20(26)24-19-14-22-18(13-23-19)15-7-5-4-6-8-15/h4-14,25H,1-3H3,(H,23,24,26). The number of nitrogens with one attached hydrogen (secondary N) is 2.